The van der Waals surface area contributed by atoms with Gasteiger partial charge in [-0.05, 0) is 49.4 Å². The Hall–Kier alpha value is -0.120. The highest BCUT2D eigenvalue weighted by Gasteiger charge is 2.29. The van der Waals surface area contributed by atoms with Crippen LogP contribution < -0.4 is 0 Å². The van der Waals surface area contributed by atoms with Crippen LogP contribution in [0.25, 0.3) is 0 Å². The Bertz CT molecular complexity index is 379. The average molecular weight is 545 g/mol. The maximum atomic E-state index is 5.74. The molecule has 0 aromatic rings. The van der Waals surface area contributed by atoms with Gasteiger partial charge < -0.3 is 14.2 Å². The molecular formula is C35H76O3. The van der Waals surface area contributed by atoms with Crippen LogP contribution in [0.1, 0.15) is 167 Å². The van der Waals surface area contributed by atoms with E-state index in [-0.39, 0.29) is 5.41 Å². The first-order chi connectivity index (χ1) is 18.2. The number of ether oxygens (including phenoxy) is 3. The molecule has 0 spiro atoms. The monoisotopic (exact) mass is 545 g/mol. The van der Waals surface area contributed by atoms with Crippen molar-refractivity contribution in [3.8, 4) is 0 Å². The van der Waals surface area contributed by atoms with Crippen molar-refractivity contribution in [2.45, 2.75) is 167 Å². The highest BCUT2D eigenvalue weighted by atomic mass is 16.5. The molecule has 3 heteroatoms. The normalized spacial score (nSPS) is 13.3. The molecule has 2 atom stereocenters. The molecule has 0 heterocycles. The summed E-state index contributed by atoms with van der Waals surface area (Å²) in [6, 6.07) is 0. The zero-order valence-electron chi connectivity index (χ0n) is 28.8. The molecule has 0 aliphatic rings. The summed E-state index contributed by atoms with van der Waals surface area (Å²) in [6.07, 6.45) is 16.5. The van der Waals surface area contributed by atoms with Gasteiger partial charge in [0.05, 0.1) is 19.8 Å². The quantitative estimate of drug-likeness (QED) is 0.120. The Morgan fingerprint density at radius 2 is 0.711 bits per heavy atom. The fraction of sp³-hybridized carbons (Fsp3) is 1.00. The third kappa shape index (κ3) is 23.7. The molecule has 0 amide bonds. The second kappa shape index (κ2) is 29.9. The maximum absolute atomic E-state index is 5.74. The van der Waals surface area contributed by atoms with E-state index in [0.717, 1.165) is 77.2 Å². The van der Waals surface area contributed by atoms with Crippen LogP contribution in [0.3, 0.4) is 0 Å². The van der Waals surface area contributed by atoms with Crippen molar-refractivity contribution >= 4 is 0 Å². The molecule has 38 heavy (non-hydrogen) atoms. The van der Waals surface area contributed by atoms with Gasteiger partial charge in [0.1, 0.15) is 0 Å². The lowest BCUT2D eigenvalue weighted by Crippen LogP contribution is -2.37. The lowest BCUT2D eigenvalue weighted by molar-refractivity contribution is -0.0712. The van der Waals surface area contributed by atoms with Gasteiger partial charge in [0.15, 0.2) is 0 Å². The Morgan fingerprint density at radius 1 is 0.421 bits per heavy atom. The molecule has 0 bridgehead atoms. The highest BCUT2D eigenvalue weighted by Crippen LogP contribution is 2.33. The van der Waals surface area contributed by atoms with Gasteiger partial charge in [-0.1, -0.05) is 134 Å². The van der Waals surface area contributed by atoms with Crippen LogP contribution in [0.15, 0.2) is 0 Å². The van der Waals surface area contributed by atoms with Crippen molar-refractivity contribution in [1.29, 1.82) is 0 Å². The smallest absolute Gasteiger partial charge is 0.0566 e. The first-order valence-corrected chi connectivity index (χ1v) is 16.9. The number of hydrogen-bond acceptors (Lipinski definition) is 3. The van der Waals surface area contributed by atoms with Crippen LogP contribution >= 0.6 is 0 Å². The Labute approximate surface area is 242 Å². The lowest BCUT2D eigenvalue weighted by Gasteiger charge is -2.32. The molecular weight excluding hydrogens is 468 g/mol. The van der Waals surface area contributed by atoms with Crippen molar-refractivity contribution in [2.75, 3.05) is 39.6 Å². The van der Waals surface area contributed by atoms with E-state index >= 15 is 0 Å². The second-order valence-electron chi connectivity index (χ2n) is 11.9. The molecule has 0 N–H and O–H groups in total. The summed E-state index contributed by atoms with van der Waals surface area (Å²) in [6.45, 7) is 31.8. The summed E-state index contributed by atoms with van der Waals surface area (Å²) in [7, 11) is 0. The number of hydrogen-bond donors (Lipinski definition) is 0. The topological polar surface area (TPSA) is 27.7 Å². The number of rotatable bonds is 23. The van der Waals surface area contributed by atoms with Crippen LogP contribution in [0.5, 0.6) is 0 Å². The minimum Gasteiger partial charge on any atom is -0.381 e. The predicted octanol–water partition coefficient (Wildman–Crippen LogP) is 11.5. The Morgan fingerprint density at radius 3 is 0.895 bits per heavy atom. The van der Waals surface area contributed by atoms with Gasteiger partial charge in [0.2, 0.25) is 0 Å². The molecule has 234 valence electrons. The van der Waals surface area contributed by atoms with Crippen LogP contribution in [-0.4, -0.2) is 39.6 Å². The standard InChI is InChI=1S/C15H32O3.C11H24.C9H20/c1-5-9-16-12-15(8-4,13-17-10-6-2)14-18-11-7-3;1-5-7-10(3)9-11(4)8-6-2;1-5-9(6-2,7-3)8-4/h5-14H2,1-4H3;10-11H,5-9H2,1-4H3;5-8H2,1-4H3. The first kappa shape index (κ1) is 42.3. The lowest BCUT2D eigenvalue weighted by atomic mass is 9.78. The summed E-state index contributed by atoms with van der Waals surface area (Å²) in [5, 5.41) is 0. The molecule has 0 radical (unpaired) electrons. The summed E-state index contributed by atoms with van der Waals surface area (Å²) in [5.74, 6) is 1.89. The van der Waals surface area contributed by atoms with E-state index in [1.807, 2.05) is 0 Å². The van der Waals surface area contributed by atoms with Gasteiger partial charge >= 0.3 is 0 Å². The van der Waals surface area contributed by atoms with E-state index < -0.39 is 0 Å². The van der Waals surface area contributed by atoms with Crippen molar-refractivity contribution in [2.24, 2.45) is 22.7 Å². The van der Waals surface area contributed by atoms with E-state index in [9.17, 15) is 0 Å². The van der Waals surface area contributed by atoms with Crippen molar-refractivity contribution in [1.82, 2.24) is 0 Å². The van der Waals surface area contributed by atoms with Gasteiger partial charge in [-0.15, -0.1) is 0 Å². The van der Waals surface area contributed by atoms with Gasteiger partial charge in [-0.25, -0.2) is 0 Å². The third-order valence-electron chi connectivity index (χ3n) is 8.39. The van der Waals surface area contributed by atoms with E-state index in [1.165, 1.54) is 57.8 Å². The third-order valence-corrected chi connectivity index (χ3v) is 8.39. The van der Waals surface area contributed by atoms with E-state index in [4.69, 9.17) is 14.2 Å². The summed E-state index contributed by atoms with van der Waals surface area (Å²) in [4.78, 5) is 0. The van der Waals surface area contributed by atoms with Crippen LogP contribution in [0, 0.1) is 22.7 Å². The van der Waals surface area contributed by atoms with Crippen LogP contribution in [-0.2, 0) is 14.2 Å². The molecule has 2 unspecified atom stereocenters. The van der Waals surface area contributed by atoms with E-state index in [0.29, 0.717) is 5.41 Å². The van der Waals surface area contributed by atoms with Gasteiger partial charge in [-0.2, -0.15) is 0 Å². The van der Waals surface area contributed by atoms with E-state index in [1.54, 1.807) is 0 Å². The van der Waals surface area contributed by atoms with E-state index in [2.05, 4.69) is 83.1 Å². The average Bonchev–Trinajstić information content (AvgIpc) is 2.91. The zero-order valence-corrected chi connectivity index (χ0v) is 28.8. The maximum Gasteiger partial charge on any atom is 0.0566 e. The van der Waals surface area contributed by atoms with Crippen molar-refractivity contribution in [3.63, 3.8) is 0 Å². The first-order valence-electron chi connectivity index (χ1n) is 16.9. The van der Waals surface area contributed by atoms with Gasteiger partial charge in [0, 0.05) is 25.2 Å². The zero-order chi connectivity index (χ0) is 29.7. The summed E-state index contributed by atoms with van der Waals surface area (Å²) >= 11 is 0. The minimum absolute atomic E-state index is 0.0273. The largest absolute Gasteiger partial charge is 0.381 e. The molecule has 3 nitrogen and oxygen atoms in total. The molecule has 0 aromatic heterocycles. The Balaban J connectivity index is -0.000000524. The fourth-order valence-corrected chi connectivity index (χ4v) is 5.14. The summed E-state index contributed by atoms with van der Waals surface area (Å²) < 4.78 is 17.2. The SMILES string of the molecule is CCC(CC)(CC)CC.CCCC(C)CC(C)CCC.CCCOCC(CC)(COCCC)COCCC. The molecule has 0 rings (SSSR count). The predicted molar refractivity (Wildman–Crippen MR) is 172 cm³/mol. The Kier molecular flexibility index (Phi) is 33.3. The molecule has 0 aliphatic heterocycles. The summed E-state index contributed by atoms with van der Waals surface area (Å²) in [5.41, 5.74) is 0.694. The molecule has 0 fully saturated rings. The minimum atomic E-state index is 0.0273. The van der Waals surface area contributed by atoms with Crippen LogP contribution in [0.4, 0.5) is 0 Å². The highest BCUT2D eigenvalue weighted by molar-refractivity contribution is 4.77. The molecule has 0 aliphatic carbocycles. The second-order valence-corrected chi connectivity index (χ2v) is 11.9. The molecule has 0 saturated heterocycles. The van der Waals surface area contributed by atoms with Crippen molar-refractivity contribution in [3.05, 3.63) is 0 Å². The van der Waals surface area contributed by atoms with Gasteiger partial charge in [0.25, 0.3) is 0 Å². The van der Waals surface area contributed by atoms with Crippen molar-refractivity contribution < 1.29 is 14.2 Å². The molecule has 0 saturated carbocycles. The molecule has 0 aromatic carbocycles. The van der Waals surface area contributed by atoms with Gasteiger partial charge in [-0.3, -0.25) is 0 Å². The van der Waals surface area contributed by atoms with Crippen LogP contribution in [0.2, 0.25) is 0 Å². The fourth-order valence-electron chi connectivity index (χ4n) is 5.14.